The van der Waals surface area contributed by atoms with Crippen molar-refractivity contribution in [2.45, 2.75) is 78.9 Å². The zero-order valence-corrected chi connectivity index (χ0v) is 22.1. The maximum Gasteiger partial charge on any atom is 0.225 e. The fourth-order valence-corrected chi connectivity index (χ4v) is 5.14. The van der Waals surface area contributed by atoms with Gasteiger partial charge >= 0.3 is 0 Å². The lowest BCUT2D eigenvalue weighted by molar-refractivity contribution is 0.399. The molecule has 3 aromatic heterocycles. The summed E-state index contributed by atoms with van der Waals surface area (Å²) in [4.78, 5) is 15.2. The Morgan fingerprint density at radius 2 is 0.853 bits per heavy atom. The summed E-state index contributed by atoms with van der Waals surface area (Å²) in [5, 5.41) is 0. The van der Waals surface area contributed by atoms with Gasteiger partial charge in [-0.15, -0.1) is 0 Å². The molecule has 0 amide bonds. The third-order valence-corrected chi connectivity index (χ3v) is 6.64. The van der Waals surface area contributed by atoms with Crippen molar-refractivity contribution in [2.75, 3.05) is 0 Å². The zero-order valence-electron chi connectivity index (χ0n) is 22.1. The Bertz CT molecular complexity index is 1130. The number of hydrogen-bond donors (Lipinski definition) is 0. The number of aromatic nitrogens is 6. The fourth-order valence-electron chi connectivity index (χ4n) is 5.14. The van der Waals surface area contributed by atoms with E-state index in [1.807, 2.05) is 18.6 Å². The fraction of sp³-hybridized carbons (Fsp3) is 0.444. The highest BCUT2D eigenvalue weighted by molar-refractivity contribution is 7.18. The van der Waals surface area contributed by atoms with Crippen molar-refractivity contribution in [1.29, 1.82) is 0 Å². The lowest BCUT2D eigenvalue weighted by Gasteiger charge is -2.46. The molecule has 0 radical (unpaired) electrons. The molecule has 0 saturated carbocycles. The average molecular weight is 457 g/mol. The van der Waals surface area contributed by atoms with Gasteiger partial charge in [-0.3, -0.25) is 15.0 Å². The van der Waals surface area contributed by atoms with E-state index in [1.165, 1.54) is 0 Å². The van der Waals surface area contributed by atoms with Crippen LogP contribution in [0.5, 0.6) is 0 Å². The highest BCUT2D eigenvalue weighted by Crippen LogP contribution is 2.20. The number of hydrogen-bond acceptors (Lipinski definition) is 3. The van der Waals surface area contributed by atoms with E-state index in [-0.39, 0.29) is 16.6 Å². The number of imidazole rings is 3. The molecule has 4 rings (SSSR count). The largest absolute Gasteiger partial charge is 0.364 e. The van der Waals surface area contributed by atoms with Gasteiger partial charge < -0.3 is 13.7 Å². The van der Waals surface area contributed by atoms with Crippen LogP contribution in [0.1, 0.15) is 62.3 Å². The second-order valence-electron chi connectivity index (χ2n) is 12.3. The molecule has 34 heavy (non-hydrogen) atoms. The van der Waals surface area contributed by atoms with E-state index in [2.05, 4.69) is 125 Å². The summed E-state index contributed by atoms with van der Waals surface area (Å²) in [5.41, 5.74) is 3.52. The molecule has 0 unspecified atom stereocenters. The molecule has 0 spiro atoms. The smallest absolute Gasteiger partial charge is 0.225 e. The zero-order chi connectivity index (χ0) is 24.9. The van der Waals surface area contributed by atoms with Gasteiger partial charge in [-0.2, -0.15) is 5.46 Å². The van der Waals surface area contributed by atoms with Gasteiger partial charge in [-0.05, 0) is 79.5 Å². The van der Waals surface area contributed by atoms with Crippen molar-refractivity contribution >= 4 is 28.8 Å². The van der Waals surface area contributed by atoms with Crippen LogP contribution < -0.4 is 22.6 Å². The van der Waals surface area contributed by atoms with E-state index in [0.29, 0.717) is 0 Å². The molecule has 7 heteroatoms. The molecule has 0 fully saturated rings. The lowest BCUT2D eigenvalue weighted by atomic mass is 9.19. The minimum atomic E-state index is -1.84. The van der Waals surface area contributed by atoms with Crippen molar-refractivity contribution in [3.05, 3.63) is 67.5 Å². The molecular weight excluding hydrogens is 419 g/mol. The second-order valence-corrected chi connectivity index (χ2v) is 12.3. The van der Waals surface area contributed by atoms with Crippen molar-refractivity contribution < 1.29 is 0 Å². The molecule has 3 heterocycles. The van der Waals surface area contributed by atoms with Crippen LogP contribution in [0.25, 0.3) is 0 Å². The Balaban J connectivity index is 2.27. The quantitative estimate of drug-likeness (QED) is 0.443. The van der Waals surface area contributed by atoms with E-state index < -0.39 is 6.15 Å². The standard InChI is InChI=1S/C27H38BN6/c1-25(2,3)32-18-15-29-22(32)28(21-13-11-10-12-14-21,23-30-16-19-33(23)26(4,5)6)24-31-17-20-34(24)27(7,8)9/h10-20H,1-9H3/q-1. The van der Waals surface area contributed by atoms with Crippen molar-refractivity contribution in [1.82, 2.24) is 28.7 Å². The predicted octanol–water partition coefficient (Wildman–Crippen LogP) is 2.92. The molecule has 0 atom stereocenters. The Labute approximate surface area is 204 Å². The predicted molar refractivity (Wildman–Crippen MR) is 142 cm³/mol. The number of benzene rings is 1. The van der Waals surface area contributed by atoms with E-state index in [4.69, 9.17) is 15.0 Å². The first-order valence-corrected chi connectivity index (χ1v) is 12.1. The average Bonchev–Trinajstić information content (AvgIpc) is 3.49. The Morgan fingerprint density at radius 3 is 1.15 bits per heavy atom. The van der Waals surface area contributed by atoms with E-state index in [9.17, 15) is 0 Å². The first kappa shape index (κ1) is 24.1. The monoisotopic (exact) mass is 457 g/mol. The molecule has 0 aliphatic carbocycles. The van der Waals surface area contributed by atoms with Crippen LogP contribution in [0.2, 0.25) is 0 Å². The van der Waals surface area contributed by atoms with Crippen LogP contribution in [-0.2, 0) is 16.6 Å². The van der Waals surface area contributed by atoms with Gasteiger partial charge in [0.1, 0.15) is 0 Å². The van der Waals surface area contributed by atoms with Crippen LogP contribution in [0.3, 0.4) is 0 Å². The molecule has 4 aromatic rings. The molecule has 0 bridgehead atoms. The van der Waals surface area contributed by atoms with E-state index in [1.54, 1.807) is 0 Å². The third kappa shape index (κ3) is 3.81. The van der Waals surface area contributed by atoms with Gasteiger partial charge in [-0.1, -0.05) is 30.3 Å². The van der Waals surface area contributed by atoms with Gasteiger partial charge in [-0.25, -0.2) is 0 Å². The summed E-state index contributed by atoms with van der Waals surface area (Å²) in [6.07, 6.45) is 10.2. The molecule has 6 nitrogen and oxygen atoms in total. The van der Waals surface area contributed by atoms with Gasteiger partial charge in [0.25, 0.3) is 0 Å². The first-order valence-electron chi connectivity index (χ1n) is 12.1. The maximum absolute atomic E-state index is 5.07. The summed E-state index contributed by atoms with van der Waals surface area (Å²) < 4.78 is 6.88. The van der Waals surface area contributed by atoms with Crippen LogP contribution in [0.4, 0.5) is 0 Å². The molecule has 0 aliphatic rings. The number of rotatable bonds is 4. The third-order valence-electron chi connectivity index (χ3n) is 6.64. The van der Waals surface area contributed by atoms with Crippen molar-refractivity contribution in [3.63, 3.8) is 0 Å². The molecular formula is C27H38BN6-. The summed E-state index contributed by atoms with van der Waals surface area (Å²) in [6.45, 7) is 20.0. The summed E-state index contributed by atoms with van der Waals surface area (Å²) in [5.74, 6) is 0. The van der Waals surface area contributed by atoms with E-state index >= 15 is 0 Å². The molecule has 0 aliphatic heterocycles. The SMILES string of the molecule is CC(C)(C)n1ccnc1[B-](c1ccccc1)(c1nccn1C(C)(C)C)c1nccn1C(C)(C)C. The normalized spacial score (nSPS) is 13.4. The summed E-state index contributed by atoms with van der Waals surface area (Å²) in [6, 6.07) is 10.7. The Morgan fingerprint density at radius 1 is 0.529 bits per heavy atom. The van der Waals surface area contributed by atoms with Crippen molar-refractivity contribution in [3.8, 4) is 0 Å². The second kappa shape index (κ2) is 8.00. The maximum atomic E-state index is 5.07. The summed E-state index contributed by atoms with van der Waals surface area (Å²) in [7, 11) is 0. The van der Waals surface area contributed by atoms with Gasteiger partial charge in [0, 0.05) is 53.8 Å². The molecule has 0 saturated heterocycles. The molecule has 180 valence electrons. The van der Waals surface area contributed by atoms with Gasteiger partial charge in [0.05, 0.1) is 0 Å². The number of nitrogens with zero attached hydrogens (tertiary/aromatic N) is 6. The molecule has 1 aromatic carbocycles. The van der Waals surface area contributed by atoms with Crippen LogP contribution in [-0.4, -0.2) is 34.8 Å². The van der Waals surface area contributed by atoms with Crippen LogP contribution >= 0.6 is 0 Å². The Kier molecular flexibility index (Phi) is 5.66. The summed E-state index contributed by atoms with van der Waals surface area (Å²) >= 11 is 0. The van der Waals surface area contributed by atoms with Gasteiger partial charge in [0.2, 0.25) is 6.15 Å². The van der Waals surface area contributed by atoms with Gasteiger partial charge in [0.15, 0.2) is 0 Å². The van der Waals surface area contributed by atoms with Crippen LogP contribution in [0, 0.1) is 0 Å². The van der Waals surface area contributed by atoms with Crippen LogP contribution in [0.15, 0.2) is 67.5 Å². The lowest BCUT2D eigenvalue weighted by Crippen LogP contribution is -2.82. The van der Waals surface area contributed by atoms with E-state index in [0.717, 1.165) is 22.6 Å². The topological polar surface area (TPSA) is 53.5 Å². The van der Waals surface area contributed by atoms with Crippen molar-refractivity contribution in [2.24, 2.45) is 0 Å². The molecule has 0 N–H and O–H groups in total. The minimum absolute atomic E-state index is 0.175. The first-order chi connectivity index (χ1) is 15.8. The highest BCUT2D eigenvalue weighted by atomic mass is 15.2. The minimum Gasteiger partial charge on any atom is -0.364 e. The Hall–Kier alpha value is -3.09. The highest BCUT2D eigenvalue weighted by Gasteiger charge is 2.45.